The first-order valence-electron chi connectivity index (χ1n) is 8.80. The summed E-state index contributed by atoms with van der Waals surface area (Å²) >= 11 is 0. The molecule has 0 saturated carbocycles. The average Bonchev–Trinajstić information content (AvgIpc) is 3.16. The molecule has 0 radical (unpaired) electrons. The summed E-state index contributed by atoms with van der Waals surface area (Å²) in [6.07, 6.45) is 1.78. The molecule has 0 spiro atoms. The molecule has 0 N–H and O–H groups in total. The first-order valence-corrected chi connectivity index (χ1v) is 8.80. The van der Waals surface area contributed by atoms with Crippen LogP contribution < -0.4 is 10.4 Å². The highest BCUT2D eigenvalue weighted by atomic mass is 16.5. The lowest BCUT2D eigenvalue weighted by atomic mass is 10.1. The molecule has 0 unspecified atom stereocenters. The lowest BCUT2D eigenvalue weighted by Gasteiger charge is -2.07. The van der Waals surface area contributed by atoms with E-state index in [0.29, 0.717) is 23.1 Å². The van der Waals surface area contributed by atoms with Crippen molar-refractivity contribution >= 4 is 11.0 Å². The fraction of sp³-hybridized carbons (Fsp3) is 0.190. The number of ether oxygens (including phenoxy) is 1. The fourth-order valence-electron chi connectivity index (χ4n) is 2.93. The molecule has 6 nitrogen and oxygen atoms in total. The van der Waals surface area contributed by atoms with E-state index in [4.69, 9.17) is 13.6 Å². The lowest BCUT2D eigenvalue weighted by molar-refractivity contribution is 0.264. The van der Waals surface area contributed by atoms with Crippen molar-refractivity contribution in [3.05, 3.63) is 76.5 Å². The van der Waals surface area contributed by atoms with E-state index in [0.717, 1.165) is 29.4 Å². The van der Waals surface area contributed by atoms with Crippen LogP contribution in [0, 0.1) is 0 Å². The fourth-order valence-corrected chi connectivity index (χ4v) is 2.93. The van der Waals surface area contributed by atoms with Gasteiger partial charge in [0, 0.05) is 23.1 Å². The summed E-state index contributed by atoms with van der Waals surface area (Å²) in [5.74, 6) is 1.39. The summed E-state index contributed by atoms with van der Waals surface area (Å²) < 4.78 is 16.7. The van der Waals surface area contributed by atoms with Gasteiger partial charge >= 0.3 is 5.63 Å². The molecular weight excluding hydrogens is 344 g/mol. The monoisotopic (exact) mass is 362 g/mol. The second-order valence-electron chi connectivity index (χ2n) is 6.15. The van der Waals surface area contributed by atoms with E-state index in [1.807, 2.05) is 42.5 Å². The van der Waals surface area contributed by atoms with Crippen LogP contribution in [0.2, 0.25) is 0 Å². The number of hydrogen-bond donors (Lipinski definition) is 0. The van der Waals surface area contributed by atoms with Crippen LogP contribution in [0.25, 0.3) is 22.4 Å². The minimum atomic E-state index is -0.354. The Hall–Kier alpha value is -3.41. The topological polar surface area (TPSA) is 78.4 Å². The van der Waals surface area contributed by atoms with Crippen molar-refractivity contribution in [1.29, 1.82) is 0 Å². The zero-order chi connectivity index (χ0) is 18.6. The van der Waals surface area contributed by atoms with Crippen LogP contribution in [-0.2, 0) is 13.0 Å². The van der Waals surface area contributed by atoms with Crippen molar-refractivity contribution < 1.29 is 13.6 Å². The molecule has 0 fully saturated rings. The maximum Gasteiger partial charge on any atom is 0.336 e. The van der Waals surface area contributed by atoms with Crippen molar-refractivity contribution in [3.8, 4) is 17.2 Å². The van der Waals surface area contributed by atoms with E-state index in [-0.39, 0.29) is 12.2 Å². The minimum Gasteiger partial charge on any atom is -0.484 e. The Labute approximate surface area is 155 Å². The molecule has 2 aromatic heterocycles. The average molecular weight is 362 g/mol. The highest BCUT2D eigenvalue weighted by Gasteiger charge is 2.10. The maximum atomic E-state index is 11.8. The smallest absolute Gasteiger partial charge is 0.336 e. The van der Waals surface area contributed by atoms with Crippen molar-refractivity contribution in [3.63, 3.8) is 0 Å². The van der Waals surface area contributed by atoms with E-state index in [1.165, 1.54) is 0 Å². The molecule has 2 aromatic carbocycles. The standard InChI is InChI=1S/C21H18N2O4/c1-2-6-15-11-20(24)26-18-12-16(9-10-17(15)18)25-13-19-22-23-21(27-19)14-7-4-3-5-8-14/h3-5,7-12H,2,6,13H2,1H3. The SMILES string of the molecule is CCCc1cc(=O)oc2cc(OCc3nnc(-c4ccccc4)o3)ccc12. The van der Waals surface area contributed by atoms with Crippen LogP contribution in [0.3, 0.4) is 0 Å². The van der Waals surface area contributed by atoms with Gasteiger partial charge in [0.1, 0.15) is 11.3 Å². The number of benzene rings is 2. The molecule has 6 heteroatoms. The van der Waals surface area contributed by atoms with Crippen LogP contribution in [0.15, 0.2) is 68.2 Å². The van der Waals surface area contributed by atoms with Gasteiger partial charge in [-0.3, -0.25) is 0 Å². The van der Waals surface area contributed by atoms with Crippen LogP contribution in [-0.4, -0.2) is 10.2 Å². The first-order chi connectivity index (χ1) is 13.2. The molecule has 0 aliphatic rings. The van der Waals surface area contributed by atoms with Crippen molar-refractivity contribution in [2.24, 2.45) is 0 Å². The van der Waals surface area contributed by atoms with E-state index in [9.17, 15) is 4.79 Å². The van der Waals surface area contributed by atoms with Gasteiger partial charge in [0.2, 0.25) is 5.89 Å². The highest BCUT2D eigenvalue weighted by molar-refractivity contribution is 5.81. The van der Waals surface area contributed by atoms with Gasteiger partial charge in [-0.05, 0) is 36.2 Å². The van der Waals surface area contributed by atoms with E-state index >= 15 is 0 Å². The van der Waals surface area contributed by atoms with Gasteiger partial charge in [-0.1, -0.05) is 31.5 Å². The largest absolute Gasteiger partial charge is 0.484 e. The zero-order valence-electron chi connectivity index (χ0n) is 14.8. The molecule has 27 heavy (non-hydrogen) atoms. The van der Waals surface area contributed by atoms with Crippen LogP contribution in [0.4, 0.5) is 0 Å². The molecule has 4 aromatic rings. The predicted octanol–water partition coefficient (Wildman–Crippen LogP) is 4.37. The van der Waals surface area contributed by atoms with Crippen molar-refractivity contribution in [1.82, 2.24) is 10.2 Å². The molecule has 136 valence electrons. The third kappa shape index (κ3) is 3.74. The summed E-state index contributed by atoms with van der Waals surface area (Å²) in [5, 5.41) is 8.97. The van der Waals surface area contributed by atoms with Crippen LogP contribution >= 0.6 is 0 Å². The van der Waals surface area contributed by atoms with Gasteiger partial charge in [-0.2, -0.15) is 0 Å². The number of rotatable bonds is 6. The van der Waals surface area contributed by atoms with Gasteiger partial charge in [0.15, 0.2) is 6.61 Å². The molecule has 0 aliphatic heterocycles. The van der Waals surface area contributed by atoms with Gasteiger partial charge in [-0.25, -0.2) is 4.79 Å². The maximum absolute atomic E-state index is 11.8. The minimum absolute atomic E-state index is 0.129. The third-order valence-electron chi connectivity index (χ3n) is 4.17. The predicted molar refractivity (Wildman–Crippen MR) is 101 cm³/mol. The number of aromatic nitrogens is 2. The molecule has 4 rings (SSSR count). The van der Waals surface area contributed by atoms with Crippen molar-refractivity contribution in [2.75, 3.05) is 0 Å². The summed E-state index contributed by atoms with van der Waals surface area (Å²) in [5.41, 5.74) is 2.00. The quantitative estimate of drug-likeness (QED) is 0.474. The molecular formula is C21H18N2O4. The number of nitrogens with zero attached hydrogens (tertiary/aromatic N) is 2. The molecule has 0 aliphatic carbocycles. The Bertz CT molecular complexity index is 1120. The molecule has 0 amide bonds. The van der Waals surface area contributed by atoms with Crippen LogP contribution in [0.1, 0.15) is 24.8 Å². The van der Waals surface area contributed by atoms with Crippen molar-refractivity contribution in [2.45, 2.75) is 26.4 Å². The summed E-state index contributed by atoms with van der Waals surface area (Å²) in [6, 6.07) is 16.6. The Morgan fingerprint density at radius 1 is 1.00 bits per heavy atom. The molecule has 0 bridgehead atoms. The molecule has 0 saturated heterocycles. The Kier molecular flexibility index (Phi) is 4.70. The highest BCUT2D eigenvalue weighted by Crippen LogP contribution is 2.24. The molecule has 0 atom stereocenters. The third-order valence-corrected chi connectivity index (χ3v) is 4.17. The zero-order valence-corrected chi connectivity index (χ0v) is 14.8. The van der Waals surface area contributed by atoms with Gasteiger partial charge in [-0.15, -0.1) is 10.2 Å². The van der Waals surface area contributed by atoms with E-state index in [2.05, 4.69) is 17.1 Å². The number of hydrogen-bond acceptors (Lipinski definition) is 6. The van der Waals surface area contributed by atoms with Gasteiger partial charge in [0.05, 0.1) is 0 Å². The lowest BCUT2D eigenvalue weighted by Crippen LogP contribution is -2.01. The van der Waals surface area contributed by atoms with E-state index in [1.54, 1.807) is 12.1 Å². The normalized spacial score (nSPS) is 11.0. The second-order valence-corrected chi connectivity index (χ2v) is 6.15. The summed E-state index contributed by atoms with van der Waals surface area (Å²) in [4.78, 5) is 11.8. The van der Waals surface area contributed by atoms with Gasteiger partial charge in [0.25, 0.3) is 5.89 Å². The summed E-state index contributed by atoms with van der Waals surface area (Å²) in [6.45, 7) is 2.20. The number of fused-ring (bicyclic) bond motifs is 1. The summed E-state index contributed by atoms with van der Waals surface area (Å²) in [7, 11) is 0. The van der Waals surface area contributed by atoms with E-state index < -0.39 is 0 Å². The number of aryl methyl sites for hydroxylation is 1. The molecule has 2 heterocycles. The van der Waals surface area contributed by atoms with Gasteiger partial charge < -0.3 is 13.6 Å². The second kappa shape index (κ2) is 7.45. The van der Waals surface area contributed by atoms with Crippen LogP contribution in [0.5, 0.6) is 5.75 Å². The Morgan fingerprint density at radius 3 is 2.67 bits per heavy atom. The first kappa shape index (κ1) is 17.0. The Balaban J connectivity index is 1.52. The Morgan fingerprint density at radius 2 is 1.85 bits per heavy atom.